The van der Waals surface area contributed by atoms with Crippen molar-refractivity contribution in [2.45, 2.75) is 24.9 Å². The monoisotopic (exact) mass is 400 g/mol. The van der Waals surface area contributed by atoms with Crippen LogP contribution in [0.4, 0.5) is 0 Å². The molecule has 1 unspecified atom stereocenters. The first-order valence-electron chi connectivity index (χ1n) is 8.33. The van der Waals surface area contributed by atoms with Crippen LogP contribution in [0, 0.1) is 0 Å². The zero-order chi connectivity index (χ0) is 18.6. The molecule has 1 aromatic carbocycles. The van der Waals surface area contributed by atoms with E-state index in [4.69, 9.17) is 9.05 Å². The van der Waals surface area contributed by atoms with E-state index in [2.05, 4.69) is 27.2 Å². The van der Waals surface area contributed by atoms with Gasteiger partial charge in [0.05, 0.1) is 0 Å². The quantitative estimate of drug-likeness (QED) is 0.465. The van der Waals surface area contributed by atoms with Gasteiger partial charge >= 0.3 is 0 Å². The standard InChI is InChI=1S/C18H16N4O3S2/c1-2-12-3-5-13(6-4-12)17-19-15(24-21-17)10-27(23)11-16-20-18(22-25-16)14-7-8-26-9-14/h3-9H,2,10-11H2,1H3. The molecule has 4 rings (SSSR count). The Bertz CT molecular complexity index is 1040. The zero-order valence-corrected chi connectivity index (χ0v) is 16.1. The summed E-state index contributed by atoms with van der Waals surface area (Å²) in [5.41, 5.74) is 2.99. The Morgan fingerprint density at radius 2 is 1.56 bits per heavy atom. The van der Waals surface area contributed by atoms with Gasteiger partial charge in [0.15, 0.2) is 0 Å². The van der Waals surface area contributed by atoms with Crippen LogP contribution in [0.1, 0.15) is 24.3 Å². The predicted molar refractivity (Wildman–Crippen MR) is 102 cm³/mol. The average molecular weight is 400 g/mol. The molecule has 0 radical (unpaired) electrons. The van der Waals surface area contributed by atoms with Crippen molar-refractivity contribution in [2.24, 2.45) is 0 Å². The van der Waals surface area contributed by atoms with Crippen LogP contribution in [0.2, 0.25) is 0 Å². The summed E-state index contributed by atoms with van der Waals surface area (Å²) in [6.07, 6.45) is 0.973. The predicted octanol–water partition coefficient (Wildman–Crippen LogP) is 3.86. The normalized spacial score (nSPS) is 12.3. The summed E-state index contributed by atoms with van der Waals surface area (Å²) in [4.78, 5) is 8.60. The third kappa shape index (κ3) is 4.20. The molecule has 9 heteroatoms. The molecule has 0 amide bonds. The van der Waals surface area contributed by atoms with Gasteiger partial charge in [-0.15, -0.1) is 0 Å². The van der Waals surface area contributed by atoms with E-state index in [0.29, 0.717) is 23.4 Å². The molecular formula is C18H16N4O3S2. The molecular weight excluding hydrogens is 384 g/mol. The molecule has 27 heavy (non-hydrogen) atoms. The van der Waals surface area contributed by atoms with Gasteiger partial charge in [-0.05, 0) is 23.4 Å². The summed E-state index contributed by atoms with van der Waals surface area (Å²) in [5, 5.41) is 11.7. The summed E-state index contributed by atoms with van der Waals surface area (Å²) in [7, 11) is -1.29. The van der Waals surface area contributed by atoms with Crippen LogP contribution >= 0.6 is 11.3 Å². The Hall–Kier alpha value is -2.65. The minimum atomic E-state index is -1.29. The fourth-order valence-electron chi connectivity index (χ4n) is 2.47. The van der Waals surface area contributed by atoms with E-state index in [1.807, 2.05) is 41.1 Å². The van der Waals surface area contributed by atoms with Gasteiger partial charge in [0, 0.05) is 27.3 Å². The van der Waals surface area contributed by atoms with Crippen molar-refractivity contribution in [1.82, 2.24) is 20.3 Å². The maximum absolute atomic E-state index is 12.4. The number of aryl methyl sites for hydroxylation is 1. The highest BCUT2D eigenvalue weighted by atomic mass is 32.2. The molecule has 0 aliphatic rings. The van der Waals surface area contributed by atoms with E-state index in [1.54, 1.807) is 11.3 Å². The summed E-state index contributed by atoms with van der Waals surface area (Å²) in [5.74, 6) is 1.90. The third-order valence-corrected chi connectivity index (χ3v) is 5.73. The van der Waals surface area contributed by atoms with Crippen LogP contribution < -0.4 is 0 Å². The van der Waals surface area contributed by atoms with Gasteiger partial charge in [-0.2, -0.15) is 21.3 Å². The summed E-state index contributed by atoms with van der Waals surface area (Å²) >= 11 is 1.55. The molecule has 0 saturated heterocycles. The van der Waals surface area contributed by atoms with Gasteiger partial charge in [0.1, 0.15) is 11.5 Å². The molecule has 0 aliphatic heterocycles. The lowest BCUT2D eigenvalue weighted by molar-refractivity contribution is 0.387. The smallest absolute Gasteiger partial charge is 0.239 e. The molecule has 4 aromatic rings. The zero-order valence-electron chi connectivity index (χ0n) is 14.5. The van der Waals surface area contributed by atoms with Crippen LogP contribution in [0.15, 0.2) is 50.1 Å². The maximum Gasteiger partial charge on any atom is 0.239 e. The Morgan fingerprint density at radius 3 is 2.11 bits per heavy atom. The van der Waals surface area contributed by atoms with Crippen molar-refractivity contribution in [3.63, 3.8) is 0 Å². The van der Waals surface area contributed by atoms with Crippen LogP contribution in [-0.2, 0) is 28.7 Å². The van der Waals surface area contributed by atoms with Gasteiger partial charge in [-0.1, -0.05) is 41.5 Å². The lowest BCUT2D eigenvalue weighted by Crippen LogP contribution is -2.00. The number of hydrogen-bond donors (Lipinski definition) is 0. The van der Waals surface area contributed by atoms with Gasteiger partial charge in [-0.3, -0.25) is 4.21 Å². The first-order valence-corrected chi connectivity index (χ1v) is 10.8. The second kappa shape index (κ2) is 7.93. The topological polar surface area (TPSA) is 94.9 Å². The SMILES string of the molecule is CCc1ccc(-c2noc(CS(=O)Cc3nc(-c4ccsc4)no3)n2)cc1. The van der Waals surface area contributed by atoms with E-state index < -0.39 is 10.8 Å². The Morgan fingerprint density at radius 1 is 0.926 bits per heavy atom. The molecule has 3 aromatic heterocycles. The van der Waals surface area contributed by atoms with Gasteiger partial charge in [0.25, 0.3) is 0 Å². The van der Waals surface area contributed by atoms with Crippen LogP contribution in [0.25, 0.3) is 22.8 Å². The van der Waals surface area contributed by atoms with E-state index in [1.165, 1.54) is 5.56 Å². The highest BCUT2D eigenvalue weighted by molar-refractivity contribution is 7.83. The van der Waals surface area contributed by atoms with Crippen LogP contribution in [0.3, 0.4) is 0 Å². The first kappa shape index (κ1) is 17.7. The number of benzene rings is 1. The van der Waals surface area contributed by atoms with E-state index in [0.717, 1.165) is 17.5 Å². The lowest BCUT2D eigenvalue weighted by atomic mass is 10.1. The fraction of sp³-hybridized carbons (Fsp3) is 0.222. The molecule has 3 heterocycles. The molecule has 0 bridgehead atoms. The highest BCUT2D eigenvalue weighted by Gasteiger charge is 2.16. The molecule has 0 fully saturated rings. The van der Waals surface area contributed by atoms with Gasteiger partial charge in [-0.25, -0.2) is 0 Å². The Kier molecular flexibility index (Phi) is 5.21. The minimum Gasteiger partial charge on any atom is -0.338 e. The average Bonchev–Trinajstić information content (AvgIpc) is 3.43. The van der Waals surface area contributed by atoms with Crippen molar-refractivity contribution >= 4 is 22.1 Å². The summed E-state index contributed by atoms with van der Waals surface area (Å²) in [6, 6.07) is 9.88. The fourth-order valence-corrected chi connectivity index (χ4v) is 3.99. The number of thiophene rings is 1. The van der Waals surface area contributed by atoms with Crippen LogP contribution in [0.5, 0.6) is 0 Å². The second-order valence-electron chi connectivity index (χ2n) is 5.81. The van der Waals surface area contributed by atoms with Gasteiger partial charge in [0.2, 0.25) is 23.4 Å². The molecule has 0 saturated carbocycles. The lowest BCUT2D eigenvalue weighted by Gasteiger charge is -1.97. The van der Waals surface area contributed by atoms with Crippen molar-refractivity contribution in [3.8, 4) is 22.8 Å². The maximum atomic E-state index is 12.4. The summed E-state index contributed by atoms with van der Waals surface area (Å²) in [6.45, 7) is 2.10. The van der Waals surface area contributed by atoms with E-state index in [9.17, 15) is 4.21 Å². The molecule has 0 aliphatic carbocycles. The number of aromatic nitrogens is 4. The minimum absolute atomic E-state index is 0.135. The number of hydrogen-bond acceptors (Lipinski definition) is 8. The number of nitrogens with zero attached hydrogens (tertiary/aromatic N) is 4. The molecule has 0 spiro atoms. The van der Waals surface area contributed by atoms with Crippen molar-refractivity contribution in [1.29, 1.82) is 0 Å². The van der Waals surface area contributed by atoms with Gasteiger partial charge < -0.3 is 9.05 Å². The summed E-state index contributed by atoms with van der Waals surface area (Å²) < 4.78 is 22.8. The first-order chi connectivity index (χ1) is 13.2. The highest BCUT2D eigenvalue weighted by Crippen LogP contribution is 2.20. The molecule has 1 atom stereocenters. The third-order valence-electron chi connectivity index (χ3n) is 3.90. The van der Waals surface area contributed by atoms with Crippen LogP contribution in [-0.4, -0.2) is 24.5 Å². The molecule has 138 valence electrons. The van der Waals surface area contributed by atoms with E-state index >= 15 is 0 Å². The largest absolute Gasteiger partial charge is 0.338 e. The van der Waals surface area contributed by atoms with Crippen molar-refractivity contribution < 1.29 is 13.3 Å². The Balaban J connectivity index is 1.39. The van der Waals surface area contributed by atoms with Crippen molar-refractivity contribution in [2.75, 3.05) is 0 Å². The second-order valence-corrected chi connectivity index (χ2v) is 8.05. The van der Waals surface area contributed by atoms with E-state index in [-0.39, 0.29) is 11.5 Å². The Labute approximate surface area is 161 Å². The molecule has 0 N–H and O–H groups in total. The van der Waals surface area contributed by atoms with Crippen molar-refractivity contribution in [3.05, 3.63) is 58.4 Å². The number of rotatable bonds is 7. The molecule has 7 nitrogen and oxygen atoms in total.